The number of nitrogens with one attached hydrogen (secondary N) is 1. The van der Waals surface area contributed by atoms with E-state index in [4.69, 9.17) is 4.74 Å². The standard InChI is InChI=1S/C11H20N2O2/c1-12-9-5-6-13(8-9)11(14)10-4-2-3-7-15-10/h9-10,12H,2-8H2,1H3. The van der Waals surface area contributed by atoms with Crippen molar-refractivity contribution in [3.05, 3.63) is 0 Å². The lowest BCUT2D eigenvalue weighted by Crippen LogP contribution is -2.42. The van der Waals surface area contributed by atoms with E-state index in [0.717, 1.165) is 45.4 Å². The minimum absolute atomic E-state index is 0.158. The zero-order valence-corrected chi connectivity index (χ0v) is 9.37. The molecule has 2 rings (SSSR count). The number of hydrogen-bond donors (Lipinski definition) is 1. The molecule has 0 spiro atoms. The van der Waals surface area contributed by atoms with E-state index < -0.39 is 0 Å². The second-order valence-corrected chi connectivity index (χ2v) is 4.41. The van der Waals surface area contributed by atoms with E-state index in [-0.39, 0.29) is 12.0 Å². The van der Waals surface area contributed by atoms with Gasteiger partial charge in [0, 0.05) is 25.7 Å². The van der Waals surface area contributed by atoms with Crippen LogP contribution in [0.15, 0.2) is 0 Å². The highest BCUT2D eigenvalue weighted by atomic mass is 16.5. The van der Waals surface area contributed by atoms with Crippen molar-refractivity contribution >= 4 is 5.91 Å². The van der Waals surface area contributed by atoms with Gasteiger partial charge in [0.15, 0.2) is 0 Å². The molecule has 0 aromatic heterocycles. The van der Waals surface area contributed by atoms with E-state index in [2.05, 4.69) is 5.32 Å². The molecule has 0 radical (unpaired) electrons. The third-order valence-corrected chi connectivity index (χ3v) is 3.36. The third kappa shape index (κ3) is 2.49. The molecule has 15 heavy (non-hydrogen) atoms. The lowest BCUT2D eigenvalue weighted by atomic mass is 10.1. The number of likely N-dealkylation sites (tertiary alicyclic amines) is 1. The Morgan fingerprint density at radius 1 is 1.40 bits per heavy atom. The van der Waals surface area contributed by atoms with Crippen LogP contribution in [0.25, 0.3) is 0 Å². The number of amides is 1. The van der Waals surface area contributed by atoms with E-state index in [9.17, 15) is 4.79 Å². The molecule has 2 aliphatic heterocycles. The number of hydrogen-bond acceptors (Lipinski definition) is 3. The quantitative estimate of drug-likeness (QED) is 0.719. The first-order chi connectivity index (χ1) is 7.31. The molecule has 0 saturated carbocycles. The summed E-state index contributed by atoms with van der Waals surface area (Å²) in [6.45, 7) is 2.47. The van der Waals surface area contributed by atoms with Crippen LogP contribution in [-0.4, -0.2) is 49.7 Å². The highest BCUT2D eigenvalue weighted by Crippen LogP contribution is 2.18. The molecule has 0 aliphatic carbocycles. The van der Waals surface area contributed by atoms with Crippen LogP contribution in [0.5, 0.6) is 0 Å². The molecule has 0 aromatic carbocycles. The SMILES string of the molecule is CNC1CCN(C(=O)C2CCCCO2)C1. The van der Waals surface area contributed by atoms with Gasteiger partial charge in [0.2, 0.25) is 0 Å². The van der Waals surface area contributed by atoms with Crippen LogP contribution in [0.2, 0.25) is 0 Å². The molecular formula is C11H20N2O2. The fourth-order valence-corrected chi connectivity index (χ4v) is 2.34. The van der Waals surface area contributed by atoms with Crippen molar-refractivity contribution in [2.24, 2.45) is 0 Å². The van der Waals surface area contributed by atoms with Crippen molar-refractivity contribution in [2.45, 2.75) is 37.8 Å². The van der Waals surface area contributed by atoms with Gasteiger partial charge < -0.3 is 15.0 Å². The summed E-state index contributed by atoms with van der Waals surface area (Å²) >= 11 is 0. The lowest BCUT2D eigenvalue weighted by Gasteiger charge is -2.26. The summed E-state index contributed by atoms with van der Waals surface area (Å²) in [5, 5.41) is 3.22. The summed E-state index contributed by atoms with van der Waals surface area (Å²) < 4.78 is 5.51. The summed E-state index contributed by atoms with van der Waals surface area (Å²) in [5.74, 6) is 0.201. The highest BCUT2D eigenvalue weighted by molar-refractivity contribution is 5.81. The molecule has 0 bridgehead atoms. The van der Waals surface area contributed by atoms with Crippen LogP contribution >= 0.6 is 0 Å². The van der Waals surface area contributed by atoms with Crippen LogP contribution in [0.3, 0.4) is 0 Å². The van der Waals surface area contributed by atoms with E-state index in [1.807, 2.05) is 11.9 Å². The highest BCUT2D eigenvalue weighted by Gasteiger charge is 2.31. The Morgan fingerprint density at radius 3 is 2.87 bits per heavy atom. The molecule has 4 heteroatoms. The summed E-state index contributed by atoms with van der Waals surface area (Å²) in [6, 6.07) is 0.470. The number of rotatable bonds is 2. The Bertz CT molecular complexity index is 227. The fraction of sp³-hybridized carbons (Fsp3) is 0.909. The Kier molecular flexibility index (Phi) is 3.59. The largest absolute Gasteiger partial charge is 0.368 e. The van der Waals surface area contributed by atoms with E-state index >= 15 is 0 Å². The number of ether oxygens (including phenoxy) is 1. The number of nitrogens with zero attached hydrogens (tertiary/aromatic N) is 1. The van der Waals surface area contributed by atoms with Gasteiger partial charge in [0.25, 0.3) is 5.91 Å². The number of carbonyl (C=O) groups excluding carboxylic acids is 1. The van der Waals surface area contributed by atoms with Crippen LogP contribution in [-0.2, 0) is 9.53 Å². The molecule has 2 saturated heterocycles. The maximum Gasteiger partial charge on any atom is 0.251 e. The first-order valence-corrected chi connectivity index (χ1v) is 5.89. The van der Waals surface area contributed by atoms with Crippen LogP contribution in [0.1, 0.15) is 25.7 Å². The van der Waals surface area contributed by atoms with Crippen molar-refractivity contribution in [2.75, 3.05) is 26.7 Å². The van der Waals surface area contributed by atoms with Crippen LogP contribution in [0.4, 0.5) is 0 Å². The zero-order chi connectivity index (χ0) is 10.7. The van der Waals surface area contributed by atoms with E-state index in [1.165, 1.54) is 0 Å². The molecular weight excluding hydrogens is 192 g/mol. The van der Waals surface area contributed by atoms with Gasteiger partial charge in [-0.25, -0.2) is 0 Å². The van der Waals surface area contributed by atoms with Gasteiger partial charge in [0.05, 0.1) is 0 Å². The molecule has 2 fully saturated rings. The summed E-state index contributed by atoms with van der Waals surface area (Å²) in [4.78, 5) is 14.0. The molecule has 0 aromatic rings. The number of carbonyl (C=O) groups is 1. The topological polar surface area (TPSA) is 41.6 Å². The average molecular weight is 212 g/mol. The van der Waals surface area contributed by atoms with Crippen LogP contribution < -0.4 is 5.32 Å². The molecule has 2 heterocycles. The Balaban J connectivity index is 1.85. The molecule has 2 unspecified atom stereocenters. The number of likely N-dealkylation sites (N-methyl/N-ethyl adjacent to an activating group) is 1. The van der Waals surface area contributed by atoms with E-state index in [0.29, 0.717) is 6.04 Å². The molecule has 2 atom stereocenters. The molecule has 4 nitrogen and oxygen atoms in total. The first kappa shape index (κ1) is 10.9. The molecule has 1 amide bonds. The van der Waals surface area contributed by atoms with Crippen molar-refractivity contribution in [1.82, 2.24) is 10.2 Å². The van der Waals surface area contributed by atoms with Gasteiger partial charge in [-0.15, -0.1) is 0 Å². The zero-order valence-electron chi connectivity index (χ0n) is 9.37. The van der Waals surface area contributed by atoms with Gasteiger partial charge in [0.1, 0.15) is 6.10 Å². The fourth-order valence-electron chi connectivity index (χ4n) is 2.34. The first-order valence-electron chi connectivity index (χ1n) is 5.89. The smallest absolute Gasteiger partial charge is 0.251 e. The maximum atomic E-state index is 12.0. The second kappa shape index (κ2) is 4.94. The molecule has 2 aliphatic rings. The lowest BCUT2D eigenvalue weighted by molar-refractivity contribution is -0.145. The van der Waals surface area contributed by atoms with Gasteiger partial charge in [-0.2, -0.15) is 0 Å². The summed E-state index contributed by atoms with van der Waals surface area (Å²) in [7, 11) is 1.95. The Labute approximate surface area is 91.0 Å². The van der Waals surface area contributed by atoms with Gasteiger partial charge in [-0.3, -0.25) is 4.79 Å². The summed E-state index contributed by atoms with van der Waals surface area (Å²) in [5.41, 5.74) is 0. The van der Waals surface area contributed by atoms with Crippen molar-refractivity contribution in [3.63, 3.8) is 0 Å². The average Bonchev–Trinajstić information content (AvgIpc) is 2.78. The Hall–Kier alpha value is -0.610. The van der Waals surface area contributed by atoms with Crippen LogP contribution in [0, 0.1) is 0 Å². The second-order valence-electron chi connectivity index (χ2n) is 4.41. The minimum Gasteiger partial charge on any atom is -0.368 e. The predicted molar refractivity (Wildman–Crippen MR) is 57.6 cm³/mol. The van der Waals surface area contributed by atoms with Gasteiger partial charge in [-0.05, 0) is 32.7 Å². The van der Waals surface area contributed by atoms with E-state index in [1.54, 1.807) is 0 Å². The normalized spacial score (nSPS) is 31.9. The monoisotopic (exact) mass is 212 g/mol. The predicted octanol–water partition coefficient (Wildman–Crippen LogP) is 0.376. The van der Waals surface area contributed by atoms with Crippen molar-refractivity contribution in [3.8, 4) is 0 Å². The maximum absolute atomic E-state index is 12.0. The molecule has 1 N–H and O–H groups in total. The van der Waals surface area contributed by atoms with Crippen molar-refractivity contribution < 1.29 is 9.53 Å². The minimum atomic E-state index is -0.158. The van der Waals surface area contributed by atoms with Crippen molar-refractivity contribution in [1.29, 1.82) is 0 Å². The van der Waals surface area contributed by atoms with Gasteiger partial charge in [-0.1, -0.05) is 0 Å². The van der Waals surface area contributed by atoms with Gasteiger partial charge >= 0.3 is 0 Å². The Morgan fingerprint density at radius 2 is 2.27 bits per heavy atom. The molecule has 86 valence electrons. The third-order valence-electron chi connectivity index (χ3n) is 3.36. The summed E-state index contributed by atoms with van der Waals surface area (Å²) in [6.07, 6.45) is 4.03.